The average Bonchev–Trinajstić information content (AvgIpc) is 2.36. The molecule has 0 heterocycles. The number of alkyl halides is 2. The summed E-state index contributed by atoms with van der Waals surface area (Å²) in [6.07, 6.45) is 1.31. The number of hydrogen-bond donors (Lipinski definition) is 1. The van der Waals surface area contributed by atoms with Crippen LogP contribution >= 0.6 is 31.9 Å². The molecule has 0 aliphatic carbocycles. The monoisotopic (exact) mass is 375 g/mol. The minimum atomic E-state index is -0.219. The molecule has 1 aromatic rings. The van der Waals surface area contributed by atoms with Crippen LogP contribution in [-0.4, -0.2) is 22.1 Å². The van der Waals surface area contributed by atoms with E-state index in [4.69, 9.17) is 0 Å². The maximum atomic E-state index is 11.9. The van der Waals surface area contributed by atoms with E-state index in [-0.39, 0.29) is 11.4 Å². The van der Waals surface area contributed by atoms with Crippen molar-refractivity contribution in [3.05, 3.63) is 35.4 Å². The highest BCUT2D eigenvalue weighted by atomic mass is 79.9. The van der Waals surface area contributed by atoms with Crippen molar-refractivity contribution in [3.63, 3.8) is 0 Å². The van der Waals surface area contributed by atoms with Gasteiger partial charge in [-0.25, -0.2) is 0 Å². The molecule has 1 aromatic carbocycles. The van der Waals surface area contributed by atoms with Gasteiger partial charge in [-0.05, 0) is 25.8 Å². The summed E-state index contributed by atoms with van der Waals surface area (Å²) in [5.74, 6) is 0.0953. The number of nitrogens with one attached hydrogen (secondary N) is 1. The molecule has 0 saturated heterocycles. The largest absolute Gasteiger partial charge is 0.349 e. The Morgan fingerprint density at radius 3 is 2.56 bits per heavy atom. The molecular weight excluding hydrogens is 358 g/mol. The number of carbonyl (C=O) groups excluding carboxylic acids is 1. The first-order chi connectivity index (χ1) is 8.49. The molecule has 1 N–H and O–H groups in total. The van der Waals surface area contributed by atoms with Crippen molar-refractivity contribution in [2.24, 2.45) is 0 Å². The number of rotatable bonds is 6. The second-order valence-corrected chi connectivity index (χ2v) is 5.99. The molecule has 0 saturated carbocycles. The second kappa shape index (κ2) is 7.29. The Bertz CT molecular complexity index is 403. The molecule has 0 radical (unpaired) electrons. The van der Waals surface area contributed by atoms with Crippen LogP contribution in [0, 0.1) is 6.92 Å². The number of carbonyl (C=O) groups is 1. The van der Waals surface area contributed by atoms with E-state index in [1.807, 2.05) is 13.0 Å². The third kappa shape index (κ3) is 5.11. The zero-order valence-electron chi connectivity index (χ0n) is 10.8. The van der Waals surface area contributed by atoms with Crippen LogP contribution in [0.15, 0.2) is 24.3 Å². The molecule has 0 atom stereocenters. The van der Waals surface area contributed by atoms with E-state index >= 15 is 0 Å². The molecule has 0 aromatic heterocycles. The molecule has 18 heavy (non-hydrogen) atoms. The zero-order chi connectivity index (χ0) is 13.6. The molecule has 0 unspecified atom stereocenters. The molecule has 100 valence electrons. The lowest BCUT2D eigenvalue weighted by Crippen LogP contribution is -2.49. The topological polar surface area (TPSA) is 29.1 Å². The molecule has 0 aliphatic heterocycles. The van der Waals surface area contributed by atoms with Crippen molar-refractivity contribution in [1.82, 2.24) is 5.32 Å². The Labute approximate surface area is 126 Å². The molecule has 0 bridgehead atoms. The predicted octanol–water partition coefficient (Wildman–Crippen LogP) is 3.59. The minimum Gasteiger partial charge on any atom is -0.349 e. The first kappa shape index (κ1) is 15.7. The van der Waals surface area contributed by atoms with Crippen molar-refractivity contribution in [2.75, 3.05) is 10.7 Å². The zero-order valence-corrected chi connectivity index (χ0v) is 14.0. The van der Waals surface area contributed by atoms with Crippen molar-refractivity contribution in [3.8, 4) is 0 Å². The third-order valence-electron chi connectivity index (χ3n) is 2.75. The van der Waals surface area contributed by atoms with Crippen LogP contribution in [0.25, 0.3) is 0 Å². The summed E-state index contributed by atoms with van der Waals surface area (Å²) in [7, 11) is 0. The van der Waals surface area contributed by atoms with Gasteiger partial charge >= 0.3 is 0 Å². The minimum absolute atomic E-state index is 0.0953. The Morgan fingerprint density at radius 2 is 2.00 bits per heavy atom. The van der Waals surface area contributed by atoms with Gasteiger partial charge < -0.3 is 5.32 Å². The normalized spacial score (nSPS) is 11.3. The standard InChI is InChI=1S/C14H19Br2NO/c1-11-4-3-5-12(8-11)6-7-13(18)17-14(2,9-15)10-16/h3-5,8H,6-7,9-10H2,1-2H3,(H,17,18). The van der Waals surface area contributed by atoms with Crippen LogP contribution in [0.2, 0.25) is 0 Å². The fraction of sp³-hybridized carbons (Fsp3) is 0.500. The molecule has 1 amide bonds. The van der Waals surface area contributed by atoms with Crippen LogP contribution in [0.3, 0.4) is 0 Å². The maximum Gasteiger partial charge on any atom is 0.220 e. The van der Waals surface area contributed by atoms with Crippen molar-refractivity contribution < 1.29 is 4.79 Å². The molecule has 0 aliphatic rings. The van der Waals surface area contributed by atoms with Crippen LogP contribution in [0.5, 0.6) is 0 Å². The highest BCUT2D eigenvalue weighted by molar-refractivity contribution is 9.09. The smallest absolute Gasteiger partial charge is 0.220 e. The van der Waals surface area contributed by atoms with Crippen LogP contribution in [0.1, 0.15) is 24.5 Å². The third-order valence-corrected chi connectivity index (χ3v) is 5.23. The van der Waals surface area contributed by atoms with Gasteiger partial charge in [0.15, 0.2) is 0 Å². The van der Waals surface area contributed by atoms with E-state index in [1.165, 1.54) is 11.1 Å². The lowest BCUT2D eigenvalue weighted by Gasteiger charge is -2.26. The first-order valence-electron chi connectivity index (χ1n) is 5.97. The fourth-order valence-corrected chi connectivity index (χ4v) is 2.84. The van der Waals surface area contributed by atoms with Gasteiger partial charge in [-0.3, -0.25) is 4.79 Å². The van der Waals surface area contributed by atoms with Gasteiger partial charge in [0.2, 0.25) is 5.91 Å². The summed E-state index contributed by atoms with van der Waals surface area (Å²) in [5.41, 5.74) is 2.23. The first-order valence-corrected chi connectivity index (χ1v) is 8.22. The predicted molar refractivity (Wildman–Crippen MR) is 83.6 cm³/mol. The van der Waals surface area contributed by atoms with Crippen LogP contribution < -0.4 is 5.32 Å². The van der Waals surface area contributed by atoms with E-state index in [9.17, 15) is 4.79 Å². The lowest BCUT2D eigenvalue weighted by atomic mass is 10.1. The molecular formula is C14H19Br2NO. The van der Waals surface area contributed by atoms with E-state index in [2.05, 4.69) is 62.3 Å². The summed E-state index contributed by atoms with van der Waals surface area (Å²) in [5, 5.41) is 4.52. The molecule has 1 rings (SSSR count). The van der Waals surface area contributed by atoms with E-state index in [1.54, 1.807) is 0 Å². The second-order valence-electron chi connectivity index (χ2n) is 4.87. The van der Waals surface area contributed by atoms with Gasteiger partial charge in [-0.1, -0.05) is 61.7 Å². The van der Waals surface area contributed by atoms with E-state index < -0.39 is 0 Å². The van der Waals surface area contributed by atoms with E-state index in [0.29, 0.717) is 6.42 Å². The summed E-state index contributed by atoms with van der Waals surface area (Å²) < 4.78 is 0. The van der Waals surface area contributed by atoms with Crippen molar-refractivity contribution in [1.29, 1.82) is 0 Å². The van der Waals surface area contributed by atoms with Gasteiger partial charge in [0.1, 0.15) is 0 Å². The fourth-order valence-electron chi connectivity index (χ4n) is 1.63. The van der Waals surface area contributed by atoms with Gasteiger partial charge in [-0.2, -0.15) is 0 Å². The Balaban J connectivity index is 2.47. The van der Waals surface area contributed by atoms with Gasteiger partial charge in [-0.15, -0.1) is 0 Å². The van der Waals surface area contributed by atoms with Crippen molar-refractivity contribution in [2.45, 2.75) is 32.2 Å². The number of benzene rings is 1. The maximum absolute atomic E-state index is 11.9. The van der Waals surface area contributed by atoms with Gasteiger partial charge in [0, 0.05) is 17.1 Å². The number of halogens is 2. The number of hydrogen-bond acceptors (Lipinski definition) is 1. The number of aryl methyl sites for hydroxylation is 2. The van der Waals surface area contributed by atoms with Gasteiger partial charge in [0.25, 0.3) is 0 Å². The molecule has 0 fully saturated rings. The highest BCUT2D eigenvalue weighted by Crippen LogP contribution is 2.12. The van der Waals surface area contributed by atoms with Crippen LogP contribution in [-0.2, 0) is 11.2 Å². The van der Waals surface area contributed by atoms with Gasteiger partial charge in [0.05, 0.1) is 5.54 Å². The quantitative estimate of drug-likeness (QED) is 0.755. The summed E-state index contributed by atoms with van der Waals surface area (Å²) in [6, 6.07) is 8.29. The average molecular weight is 377 g/mol. The Hall–Kier alpha value is -0.350. The molecule has 0 spiro atoms. The Kier molecular flexibility index (Phi) is 6.36. The molecule has 4 heteroatoms. The SMILES string of the molecule is Cc1cccc(CCC(=O)NC(C)(CBr)CBr)c1. The molecule has 2 nitrogen and oxygen atoms in total. The number of amides is 1. The van der Waals surface area contributed by atoms with Crippen LogP contribution in [0.4, 0.5) is 0 Å². The van der Waals surface area contributed by atoms with E-state index in [0.717, 1.165) is 17.1 Å². The summed E-state index contributed by atoms with van der Waals surface area (Å²) >= 11 is 6.84. The summed E-state index contributed by atoms with van der Waals surface area (Å²) in [6.45, 7) is 4.08. The van der Waals surface area contributed by atoms with Crippen molar-refractivity contribution >= 4 is 37.8 Å². The Morgan fingerprint density at radius 1 is 1.33 bits per heavy atom. The summed E-state index contributed by atoms with van der Waals surface area (Å²) in [4.78, 5) is 11.9. The lowest BCUT2D eigenvalue weighted by molar-refractivity contribution is -0.122. The highest BCUT2D eigenvalue weighted by Gasteiger charge is 2.23.